The number of alkyl carbamates (subject to hydrolysis) is 1. The van der Waals surface area contributed by atoms with Crippen molar-refractivity contribution in [3.05, 3.63) is 101 Å². The lowest BCUT2D eigenvalue weighted by molar-refractivity contribution is 0.00578. The molecular formula is C32H36BNO5. The lowest BCUT2D eigenvalue weighted by atomic mass is 9.77. The summed E-state index contributed by atoms with van der Waals surface area (Å²) in [6.07, 6.45) is 1.53. The van der Waals surface area contributed by atoms with Crippen molar-refractivity contribution in [2.24, 2.45) is 0 Å². The highest BCUT2D eigenvalue weighted by atomic mass is 16.7. The molecule has 0 aromatic heterocycles. The summed E-state index contributed by atoms with van der Waals surface area (Å²) in [5, 5.41) is 2.93. The number of hydrogen-bond acceptors (Lipinski definition) is 5. The predicted molar refractivity (Wildman–Crippen MR) is 154 cm³/mol. The van der Waals surface area contributed by atoms with Crippen molar-refractivity contribution in [1.29, 1.82) is 0 Å². The zero-order chi connectivity index (χ0) is 27.6. The number of fused-ring (bicyclic) bond motifs is 3. The summed E-state index contributed by atoms with van der Waals surface area (Å²) in [6.45, 7) is 9.11. The van der Waals surface area contributed by atoms with E-state index in [-0.39, 0.29) is 19.1 Å². The molecule has 1 N–H and O–H groups in total. The van der Waals surface area contributed by atoms with Crippen LogP contribution in [0.25, 0.3) is 17.2 Å². The van der Waals surface area contributed by atoms with Crippen molar-refractivity contribution in [3.8, 4) is 11.1 Å². The highest BCUT2D eigenvalue weighted by Crippen LogP contribution is 2.44. The molecule has 1 aliphatic heterocycles. The highest BCUT2D eigenvalue weighted by molar-refractivity contribution is 6.56. The summed E-state index contributed by atoms with van der Waals surface area (Å²) in [5.74, 6) is 0.00637. The van der Waals surface area contributed by atoms with Gasteiger partial charge in [-0.1, -0.05) is 78.9 Å². The summed E-state index contributed by atoms with van der Waals surface area (Å²) in [7, 11) is 1.08. The molecule has 7 heteroatoms. The Morgan fingerprint density at radius 2 is 1.46 bits per heavy atom. The number of hydrogen-bond donors (Lipinski definition) is 1. The van der Waals surface area contributed by atoms with E-state index in [1.54, 1.807) is 7.11 Å². The third kappa shape index (κ3) is 5.67. The summed E-state index contributed by atoms with van der Waals surface area (Å²) in [6, 6.07) is 24.7. The average molecular weight is 525 g/mol. The number of methoxy groups -OCH3 is 1. The molecule has 6 nitrogen and oxygen atoms in total. The van der Waals surface area contributed by atoms with Crippen LogP contribution in [0.5, 0.6) is 0 Å². The molecular weight excluding hydrogens is 489 g/mol. The van der Waals surface area contributed by atoms with E-state index >= 15 is 0 Å². The van der Waals surface area contributed by atoms with E-state index in [9.17, 15) is 4.79 Å². The smallest absolute Gasteiger partial charge is 0.449 e. The Kier molecular flexibility index (Phi) is 7.67. The van der Waals surface area contributed by atoms with Gasteiger partial charge in [0.15, 0.2) is 0 Å². The first-order valence-corrected chi connectivity index (χ1v) is 13.4. The van der Waals surface area contributed by atoms with Crippen LogP contribution in [-0.2, 0) is 25.4 Å². The number of ether oxygens (including phenoxy) is 2. The molecule has 1 fully saturated rings. The quantitative estimate of drug-likeness (QED) is 0.346. The molecule has 2 aliphatic rings. The molecule has 0 radical (unpaired) electrons. The first-order valence-electron chi connectivity index (χ1n) is 13.4. The predicted octanol–water partition coefficient (Wildman–Crippen LogP) is 6.39. The van der Waals surface area contributed by atoms with E-state index in [4.69, 9.17) is 18.8 Å². The highest BCUT2D eigenvalue weighted by Gasteiger charge is 2.52. The molecule has 0 unspecified atom stereocenters. The first-order chi connectivity index (χ1) is 18.7. The van der Waals surface area contributed by atoms with Crippen molar-refractivity contribution in [1.82, 2.24) is 5.32 Å². The Bertz CT molecular complexity index is 1300. The molecule has 0 spiro atoms. The van der Waals surface area contributed by atoms with Crippen molar-refractivity contribution in [3.63, 3.8) is 0 Å². The van der Waals surface area contributed by atoms with Gasteiger partial charge >= 0.3 is 13.2 Å². The Hall–Kier alpha value is -3.39. The average Bonchev–Trinajstić information content (AvgIpc) is 3.35. The molecule has 1 amide bonds. The largest absolute Gasteiger partial charge is 0.492 e. The minimum atomic E-state index is -0.595. The summed E-state index contributed by atoms with van der Waals surface area (Å²) in [5.41, 5.74) is 6.64. The summed E-state index contributed by atoms with van der Waals surface area (Å²) >= 11 is 0. The molecule has 202 valence electrons. The van der Waals surface area contributed by atoms with Crippen LogP contribution in [-0.4, -0.2) is 44.7 Å². The molecule has 0 bridgehead atoms. The van der Waals surface area contributed by atoms with Crippen LogP contribution >= 0.6 is 0 Å². The maximum atomic E-state index is 12.9. The third-order valence-corrected chi connectivity index (χ3v) is 7.98. The van der Waals surface area contributed by atoms with E-state index in [0.29, 0.717) is 6.61 Å². The van der Waals surface area contributed by atoms with Crippen molar-refractivity contribution >= 4 is 19.3 Å². The monoisotopic (exact) mass is 525 g/mol. The fraction of sp³-hybridized carbons (Fsp3) is 0.344. The normalized spacial score (nSPS) is 17.6. The minimum absolute atomic E-state index is 0.00637. The number of amides is 1. The number of nitrogens with one attached hydrogen (secondary N) is 1. The molecule has 1 saturated heterocycles. The molecule has 0 atom stereocenters. The number of carbonyl (C=O) groups is 1. The lowest BCUT2D eigenvalue weighted by Crippen LogP contribution is -2.41. The minimum Gasteiger partial charge on any atom is -0.449 e. The fourth-order valence-corrected chi connectivity index (χ4v) is 5.11. The van der Waals surface area contributed by atoms with Crippen LogP contribution in [0.3, 0.4) is 0 Å². The van der Waals surface area contributed by atoms with Crippen LogP contribution in [0.4, 0.5) is 4.79 Å². The van der Waals surface area contributed by atoms with Crippen molar-refractivity contribution < 1.29 is 23.6 Å². The molecule has 3 aromatic rings. The van der Waals surface area contributed by atoms with Crippen LogP contribution in [0, 0.1) is 0 Å². The maximum absolute atomic E-state index is 12.9. The molecule has 3 aromatic carbocycles. The standard InChI is InChI=1S/C32H36BNO5/c1-31(2)32(3,4)39-33(38-31)24(18-22-14-16-23(17-15-22)20-36-5)19-34-30(35)37-21-29-27-12-8-6-10-25(27)26-11-7-9-13-28(26)29/h6-18,29H,19-21H2,1-5H3,(H,34,35). The van der Waals surface area contributed by atoms with Gasteiger partial charge in [0.05, 0.1) is 17.8 Å². The SMILES string of the molecule is COCc1ccc(C=C(CNC(=O)OCC2c3ccccc3-c3ccccc32)B2OC(C)(C)C(C)(C)O2)cc1. The molecule has 0 saturated carbocycles. The van der Waals surface area contributed by atoms with Gasteiger partial charge < -0.3 is 24.1 Å². The molecule has 1 heterocycles. The van der Waals surface area contributed by atoms with Crippen LogP contribution in [0.1, 0.15) is 55.9 Å². The van der Waals surface area contributed by atoms with Gasteiger partial charge in [-0.05, 0) is 66.5 Å². The van der Waals surface area contributed by atoms with Gasteiger partial charge in [-0.2, -0.15) is 0 Å². The van der Waals surface area contributed by atoms with Gasteiger partial charge in [-0.15, -0.1) is 0 Å². The lowest BCUT2D eigenvalue weighted by Gasteiger charge is -2.32. The van der Waals surface area contributed by atoms with Crippen molar-refractivity contribution in [2.75, 3.05) is 20.3 Å². The Morgan fingerprint density at radius 3 is 2.03 bits per heavy atom. The maximum Gasteiger partial charge on any atom is 0.492 e. The van der Waals surface area contributed by atoms with Gasteiger partial charge in [0.2, 0.25) is 0 Å². The first kappa shape index (κ1) is 27.2. The van der Waals surface area contributed by atoms with E-state index in [0.717, 1.165) is 16.6 Å². The second-order valence-corrected chi connectivity index (χ2v) is 11.2. The Labute approximate surface area is 231 Å². The third-order valence-electron chi connectivity index (χ3n) is 7.98. The second-order valence-electron chi connectivity index (χ2n) is 11.2. The molecule has 5 rings (SSSR count). The second kappa shape index (κ2) is 11.0. The van der Waals surface area contributed by atoms with Gasteiger partial charge in [-0.25, -0.2) is 4.79 Å². The number of benzene rings is 3. The number of rotatable bonds is 8. The van der Waals surface area contributed by atoms with Gasteiger partial charge in [0, 0.05) is 19.6 Å². The van der Waals surface area contributed by atoms with Crippen molar-refractivity contribution in [2.45, 2.75) is 51.4 Å². The molecule has 39 heavy (non-hydrogen) atoms. The van der Waals surface area contributed by atoms with Gasteiger partial charge in [0.1, 0.15) is 6.61 Å². The van der Waals surface area contributed by atoms with E-state index in [1.807, 2.05) is 82.3 Å². The van der Waals surface area contributed by atoms with E-state index in [1.165, 1.54) is 22.3 Å². The fourth-order valence-electron chi connectivity index (χ4n) is 5.11. The summed E-state index contributed by atoms with van der Waals surface area (Å²) < 4.78 is 23.6. The summed E-state index contributed by atoms with van der Waals surface area (Å²) in [4.78, 5) is 12.9. The van der Waals surface area contributed by atoms with Crippen LogP contribution < -0.4 is 5.32 Å². The van der Waals surface area contributed by atoms with E-state index < -0.39 is 24.4 Å². The van der Waals surface area contributed by atoms with Crippen LogP contribution in [0.2, 0.25) is 0 Å². The Balaban J connectivity index is 1.29. The Morgan fingerprint density at radius 1 is 0.897 bits per heavy atom. The van der Waals surface area contributed by atoms with E-state index in [2.05, 4.69) is 29.6 Å². The van der Waals surface area contributed by atoms with Gasteiger partial charge in [-0.3, -0.25) is 0 Å². The van der Waals surface area contributed by atoms with Gasteiger partial charge in [0.25, 0.3) is 0 Å². The molecule has 1 aliphatic carbocycles. The van der Waals surface area contributed by atoms with Crippen LogP contribution in [0.15, 0.2) is 78.3 Å². The number of carbonyl (C=O) groups excluding carboxylic acids is 1. The zero-order valence-electron chi connectivity index (χ0n) is 23.3. The topological polar surface area (TPSA) is 66.0 Å². The zero-order valence-corrected chi connectivity index (χ0v) is 23.3.